The smallest absolute Gasteiger partial charge is 0.276 e. The second-order valence-electron chi connectivity index (χ2n) is 6.31. The molecule has 8 nitrogen and oxygen atoms in total. The first-order valence-electron chi connectivity index (χ1n) is 8.41. The second-order valence-corrected chi connectivity index (χ2v) is 6.31. The number of aryl methyl sites for hydroxylation is 2. The van der Waals surface area contributed by atoms with Gasteiger partial charge in [0.25, 0.3) is 5.91 Å². The molecular formula is C17H24N4O4. The third kappa shape index (κ3) is 4.08. The summed E-state index contributed by atoms with van der Waals surface area (Å²) >= 11 is 0. The molecule has 2 aromatic heterocycles. The highest BCUT2D eigenvalue weighted by Gasteiger charge is 2.39. The van der Waals surface area contributed by atoms with Crippen LogP contribution in [0.1, 0.15) is 28.2 Å². The number of aromatic nitrogens is 3. The van der Waals surface area contributed by atoms with E-state index in [-0.39, 0.29) is 18.1 Å². The van der Waals surface area contributed by atoms with E-state index in [1.54, 1.807) is 24.8 Å². The van der Waals surface area contributed by atoms with E-state index in [0.29, 0.717) is 37.6 Å². The Morgan fingerprint density at radius 3 is 2.92 bits per heavy atom. The van der Waals surface area contributed by atoms with E-state index in [0.717, 1.165) is 12.0 Å². The fourth-order valence-corrected chi connectivity index (χ4v) is 3.23. The van der Waals surface area contributed by atoms with Crippen LogP contribution in [0, 0.1) is 6.92 Å². The molecule has 0 spiro atoms. The Morgan fingerprint density at radius 1 is 1.44 bits per heavy atom. The molecule has 0 radical (unpaired) electrons. The number of ether oxygens (including phenoxy) is 2. The molecule has 0 unspecified atom stereocenters. The van der Waals surface area contributed by atoms with Crippen molar-refractivity contribution in [3.8, 4) is 0 Å². The summed E-state index contributed by atoms with van der Waals surface area (Å²) < 4.78 is 17.8. The van der Waals surface area contributed by atoms with Crippen LogP contribution in [-0.4, -0.2) is 64.8 Å². The summed E-state index contributed by atoms with van der Waals surface area (Å²) in [6.07, 6.45) is 5.24. The van der Waals surface area contributed by atoms with Gasteiger partial charge in [0.2, 0.25) is 0 Å². The highest BCUT2D eigenvalue weighted by atomic mass is 16.5. The minimum absolute atomic E-state index is 0.0349. The molecule has 25 heavy (non-hydrogen) atoms. The van der Waals surface area contributed by atoms with Gasteiger partial charge in [-0.1, -0.05) is 5.16 Å². The molecule has 1 amide bonds. The maximum Gasteiger partial charge on any atom is 0.276 e. The van der Waals surface area contributed by atoms with Gasteiger partial charge >= 0.3 is 0 Å². The van der Waals surface area contributed by atoms with Crippen molar-refractivity contribution in [2.75, 3.05) is 26.9 Å². The Morgan fingerprint density at radius 2 is 2.28 bits per heavy atom. The molecule has 1 aliphatic heterocycles. The fraction of sp³-hybridized carbons (Fsp3) is 0.588. The van der Waals surface area contributed by atoms with E-state index in [4.69, 9.17) is 14.0 Å². The Bertz CT molecular complexity index is 711. The lowest BCUT2D eigenvalue weighted by molar-refractivity contribution is 0.000366. The van der Waals surface area contributed by atoms with Gasteiger partial charge in [-0.2, -0.15) is 5.10 Å². The van der Waals surface area contributed by atoms with Crippen LogP contribution in [0.3, 0.4) is 0 Å². The lowest BCUT2D eigenvalue weighted by Gasteiger charge is -2.27. The van der Waals surface area contributed by atoms with Gasteiger partial charge < -0.3 is 18.9 Å². The van der Waals surface area contributed by atoms with Gasteiger partial charge in [-0.15, -0.1) is 0 Å². The molecule has 2 atom stereocenters. The van der Waals surface area contributed by atoms with Crippen molar-refractivity contribution in [1.82, 2.24) is 19.8 Å². The Kier molecular flexibility index (Phi) is 5.50. The molecule has 0 bridgehead atoms. The minimum atomic E-state index is -0.122. The van der Waals surface area contributed by atoms with Gasteiger partial charge in [0.15, 0.2) is 5.69 Å². The molecule has 0 aliphatic carbocycles. The van der Waals surface area contributed by atoms with Gasteiger partial charge in [-0.3, -0.25) is 9.48 Å². The van der Waals surface area contributed by atoms with E-state index in [2.05, 4.69) is 10.3 Å². The first-order valence-corrected chi connectivity index (χ1v) is 8.41. The normalized spacial score (nSPS) is 20.4. The number of rotatable bonds is 7. The van der Waals surface area contributed by atoms with E-state index in [1.165, 1.54) is 0 Å². The van der Waals surface area contributed by atoms with E-state index >= 15 is 0 Å². The van der Waals surface area contributed by atoms with Crippen LogP contribution in [0.25, 0.3) is 0 Å². The number of likely N-dealkylation sites (tertiary alicyclic amines) is 1. The topological polar surface area (TPSA) is 82.6 Å². The third-order valence-electron chi connectivity index (χ3n) is 4.41. The van der Waals surface area contributed by atoms with Crippen LogP contribution < -0.4 is 0 Å². The molecule has 1 aliphatic rings. The fourth-order valence-electron chi connectivity index (χ4n) is 3.23. The largest absolute Gasteiger partial charge is 0.382 e. The zero-order valence-corrected chi connectivity index (χ0v) is 14.8. The summed E-state index contributed by atoms with van der Waals surface area (Å²) in [5, 5.41) is 8.08. The quantitative estimate of drug-likeness (QED) is 0.700. The average molecular weight is 348 g/mol. The molecule has 0 saturated carbocycles. The molecule has 1 saturated heterocycles. The predicted molar refractivity (Wildman–Crippen MR) is 89.2 cm³/mol. The van der Waals surface area contributed by atoms with Crippen molar-refractivity contribution >= 4 is 5.91 Å². The van der Waals surface area contributed by atoms with E-state index in [9.17, 15) is 4.79 Å². The number of carbonyl (C=O) groups excluding carboxylic acids is 1. The Balaban J connectivity index is 1.76. The summed E-state index contributed by atoms with van der Waals surface area (Å²) in [4.78, 5) is 14.7. The zero-order chi connectivity index (χ0) is 17.8. The maximum atomic E-state index is 12.8. The number of nitrogens with zero attached hydrogens (tertiary/aromatic N) is 4. The SMILES string of the molecule is COCCO[C@@H]1CCN(C(=O)c2cc(C)on2)[C@@H]1Cc1cnn(C)c1. The lowest BCUT2D eigenvalue weighted by Crippen LogP contribution is -2.42. The number of carbonyl (C=O) groups is 1. The number of hydrogen-bond acceptors (Lipinski definition) is 6. The van der Waals surface area contributed by atoms with Crippen LogP contribution >= 0.6 is 0 Å². The molecule has 3 heterocycles. The number of amides is 1. The molecule has 0 aromatic carbocycles. The molecule has 8 heteroatoms. The molecule has 2 aromatic rings. The van der Waals surface area contributed by atoms with Crippen molar-refractivity contribution in [3.05, 3.63) is 35.5 Å². The molecule has 1 fully saturated rings. The zero-order valence-electron chi connectivity index (χ0n) is 14.8. The number of methoxy groups -OCH3 is 1. The summed E-state index contributed by atoms with van der Waals surface area (Å²) in [6, 6.07) is 1.60. The first-order chi connectivity index (χ1) is 12.1. The van der Waals surface area contributed by atoms with Crippen molar-refractivity contribution in [2.45, 2.75) is 31.9 Å². The molecule has 3 rings (SSSR count). The average Bonchev–Trinajstić information content (AvgIpc) is 3.29. The monoisotopic (exact) mass is 348 g/mol. The third-order valence-corrected chi connectivity index (χ3v) is 4.41. The Labute approximate surface area is 146 Å². The van der Waals surface area contributed by atoms with Gasteiger partial charge in [0.05, 0.1) is 31.6 Å². The lowest BCUT2D eigenvalue weighted by atomic mass is 10.0. The molecular weight excluding hydrogens is 324 g/mol. The molecule has 136 valence electrons. The predicted octanol–water partition coefficient (Wildman–Crippen LogP) is 1.21. The van der Waals surface area contributed by atoms with Crippen LogP contribution in [0.15, 0.2) is 23.0 Å². The summed E-state index contributed by atoms with van der Waals surface area (Å²) in [5.74, 6) is 0.503. The highest BCUT2D eigenvalue weighted by molar-refractivity contribution is 5.92. The van der Waals surface area contributed by atoms with Crippen molar-refractivity contribution in [2.24, 2.45) is 7.05 Å². The summed E-state index contributed by atoms with van der Waals surface area (Å²) in [6.45, 7) is 3.45. The van der Waals surface area contributed by atoms with E-state index < -0.39 is 0 Å². The Hall–Kier alpha value is -2.19. The van der Waals surface area contributed by atoms with Crippen molar-refractivity contribution in [1.29, 1.82) is 0 Å². The first kappa shape index (κ1) is 17.6. The van der Waals surface area contributed by atoms with Gasteiger partial charge in [0, 0.05) is 33.0 Å². The molecule has 0 N–H and O–H groups in total. The highest BCUT2D eigenvalue weighted by Crippen LogP contribution is 2.26. The van der Waals surface area contributed by atoms with Crippen molar-refractivity contribution in [3.63, 3.8) is 0 Å². The maximum absolute atomic E-state index is 12.8. The van der Waals surface area contributed by atoms with Gasteiger partial charge in [-0.25, -0.2) is 0 Å². The summed E-state index contributed by atoms with van der Waals surface area (Å²) in [7, 11) is 3.53. The van der Waals surface area contributed by atoms with Crippen LogP contribution in [0.2, 0.25) is 0 Å². The number of hydrogen-bond donors (Lipinski definition) is 0. The van der Waals surface area contributed by atoms with Crippen LogP contribution in [0.5, 0.6) is 0 Å². The summed E-state index contributed by atoms with van der Waals surface area (Å²) in [5.41, 5.74) is 1.41. The standard InChI is InChI=1S/C17H24N4O4/c1-12-8-14(19-25-12)17(22)21-5-4-16(24-7-6-23-3)15(21)9-13-10-18-20(2)11-13/h8,10-11,15-16H,4-7,9H2,1-3H3/t15-,16-/m1/s1. The van der Waals surface area contributed by atoms with Crippen LogP contribution in [-0.2, 0) is 22.9 Å². The van der Waals surface area contributed by atoms with Crippen LogP contribution in [0.4, 0.5) is 0 Å². The van der Waals surface area contributed by atoms with Crippen molar-refractivity contribution < 1.29 is 18.8 Å². The van der Waals surface area contributed by atoms with E-state index in [1.807, 2.05) is 24.3 Å². The second kappa shape index (κ2) is 7.79. The van der Waals surface area contributed by atoms with Gasteiger partial charge in [-0.05, 0) is 25.3 Å². The van der Waals surface area contributed by atoms with Gasteiger partial charge in [0.1, 0.15) is 5.76 Å². The minimum Gasteiger partial charge on any atom is -0.382 e.